The van der Waals surface area contributed by atoms with E-state index in [1.165, 1.54) is 0 Å². The topological polar surface area (TPSA) is 68.2 Å². The molecule has 0 aliphatic carbocycles. The van der Waals surface area contributed by atoms with Gasteiger partial charge in [-0.15, -0.1) is 0 Å². The lowest BCUT2D eigenvalue weighted by atomic mass is 10.3. The normalized spacial score (nSPS) is 10.5. The zero-order valence-corrected chi connectivity index (χ0v) is 10.4. The van der Waals surface area contributed by atoms with Gasteiger partial charge in [0.15, 0.2) is 0 Å². The Hall–Kier alpha value is -1.75. The van der Waals surface area contributed by atoms with Crippen molar-refractivity contribution in [3.05, 3.63) is 34.8 Å². The zero-order valence-electron chi connectivity index (χ0n) is 9.64. The molecule has 0 unspecified atom stereocenters. The molecule has 0 bridgehead atoms. The van der Waals surface area contributed by atoms with Crippen molar-refractivity contribution >= 4 is 23.1 Å². The summed E-state index contributed by atoms with van der Waals surface area (Å²) in [7, 11) is 1.88. The van der Waals surface area contributed by atoms with Crippen molar-refractivity contribution < 1.29 is 4.52 Å². The summed E-state index contributed by atoms with van der Waals surface area (Å²) >= 11 is 6.07. The highest BCUT2D eigenvalue weighted by Gasteiger charge is 2.10. The van der Waals surface area contributed by atoms with Gasteiger partial charge < -0.3 is 15.2 Å². The van der Waals surface area contributed by atoms with Crippen LogP contribution in [0.2, 0.25) is 5.02 Å². The van der Waals surface area contributed by atoms with Crippen LogP contribution in [0.3, 0.4) is 0 Å². The Labute approximate surface area is 104 Å². The van der Waals surface area contributed by atoms with Crippen LogP contribution >= 0.6 is 11.6 Å². The second-order valence-corrected chi connectivity index (χ2v) is 4.27. The lowest BCUT2D eigenvalue weighted by molar-refractivity contribution is 0.390. The Bertz CT molecular complexity index is 526. The summed E-state index contributed by atoms with van der Waals surface area (Å²) in [5.74, 6) is 1.45. The highest BCUT2D eigenvalue weighted by Crippen LogP contribution is 2.24. The number of rotatable bonds is 3. The molecule has 2 heterocycles. The highest BCUT2D eigenvalue weighted by atomic mass is 35.5. The van der Waals surface area contributed by atoms with E-state index in [-0.39, 0.29) is 0 Å². The molecule has 0 fully saturated rings. The fraction of sp³-hybridized carbons (Fsp3) is 0.273. The molecular weight excluding hydrogens is 240 g/mol. The summed E-state index contributed by atoms with van der Waals surface area (Å²) in [6.07, 6.45) is 1.58. The molecule has 2 N–H and O–H groups in total. The van der Waals surface area contributed by atoms with Crippen LogP contribution < -0.4 is 10.6 Å². The zero-order chi connectivity index (χ0) is 12.4. The summed E-state index contributed by atoms with van der Waals surface area (Å²) < 4.78 is 5.00. The minimum atomic E-state index is 0.521. The van der Waals surface area contributed by atoms with Crippen LogP contribution in [0.25, 0.3) is 0 Å². The first kappa shape index (κ1) is 11.7. The molecule has 0 aliphatic rings. The van der Waals surface area contributed by atoms with Gasteiger partial charge in [-0.1, -0.05) is 16.8 Å². The maximum Gasteiger partial charge on any atom is 0.147 e. The van der Waals surface area contributed by atoms with Crippen molar-refractivity contribution in [3.63, 3.8) is 0 Å². The quantitative estimate of drug-likeness (QED) is 0.907. The number of hydrogen-bond acceptors (Lipinski definition) is 5. The lowest BCUT2D eigenvalue weighted by Crippen LogP contribution is -2.18. The minimum absolute atomic E-state index is 0.521. The summed E-state index contributed by atoms with van der Waals surface area (Å²) in [6.45, 7) is 2.43. The molecule has 0 amide bonds. The molecule has 2 aromatic rings. The molecular formula is C11H13ClN4O. The molecule has 0 saturated carbocycles. The first-order valence-corrected chi connectivity index (χ1v) is 5.48. The second-order valence-electron chi connectivity index (χ2n) is 3.86. The SMILES string of the molecule is Cc1cc(CN(C)c2ncc(N)cc2Cl)no1. The first-order chi connectivity index (χ1) is 8.06. The third kappa shape index (κ3) is 2.68. The van der Waals surface area contributed by atoms with Crippen LogP contribution in [0, 0.1) is 6.92 Å². The Morgan fingerprint density at radius 1 is 1.47 bits per heavy atom. The maximum absolute atomic E-state index is 6.07. The van der Waals surface area contributed by atoms with Crippen LogP contribution in [0.15, 0.2) is 22.9 Å². The van der Waals surface area contributed by atoms with Crippen LogP contribution in [-0.4, -0.2) is 17.2 Å². The molecule has 90 valence electrons. The number of nitrogen functional groups attached to an aromatic ring is 1. The smallest absolute Gasteiger partial charge is 0.147 e. The van der Waals surface area contributed by atoms with Crippen molar-refractivity contribution in [3.8, 4) is 0 Å². The molecule has 2 rings (SSSR count). The molecule has 6 heteroatoms. The number of halogens is 1. The fourth-order valence-electron chi connectivity index (χ4n) is 1.54. The average Bonchev–Trinajstić information content (AvgIpc) is 2.63. The number of nitrogens with zero attached hydrogens (tertiary/aromatic N) is 3. The van der Waals surface area contributed by atoms with Crippen molar-refractivity contribution in [2.45, 2.75) is 13.5 Å². The van der Waals surface area contributed by atoms with Crippen LogP contribution in [-0.2, 0) is 6.54 Å². The monoisotopic (exact) mass is 252 g/mol. The minimum Gasteiger partial charge on any atom is -0.397 e. The Balaban J connectivity index is 2.17. The van der Waals surface area contributed by atoms with E-state index in [4.69, 9.17) is 21.9 Å². The van der Waals surface area contributed by atoms with Gasteiger partial charge in [-0.25, -0.2) is 4.98 Å². The summed E-state index contributed by atoms with van der Waals surface area (Å²) in [5.41, 5.74) is 6.97. The molecule has 0 aromatic carbocycles. The Morgan fingerprint density at radius 2 is 2.24 bits per heavy atom. The molecule has 0 atom stereocenters. The van der Waals surface area contributed by atoms with E-state index in [1.54, 1.807) is 12.3 Å². The van der Waals surface area contributed by atoms with Crippen molar-refractivity contribution in [1.29, 1.82) is 0 Å². The van der Waals surface area contributed by atoms with E-state index in [2.05, 4.69) is 10.1 Å². The van der Waals surface area contributed by atoms with E-state index in [9.17, 15) is 0 Å². The van der Waals surface area contributed by atoms with Crippen molar-refractivity contribution in [2.75, 3.05) is 17.7 Å². The summed E-state index contributed by atoms with van der Waals surface area (Å²) in [4.78, 5) is 6.08. The standard InChI is InChI=1S/C11H13ClN4O/c1-7-3-9(15-17-7)6-16(2)11-10(12)4-8(13)5-14-11/h3-5H,6,13H2,1-2H3. The molecule has 5 nitrogen and oxygen atoms in total. The van der Waals surface area contributed by atoms with Gasteiger partial charge in [-0.3, -0.25) is 0 Å². The maximum atomic E-state index is 6.07. The molecule has 0 spiro atoms. The third-order valence-corrected chi connectivity index (χ3v) is 2.56. The van der Waals surface area contributed by atoms with Crippen LogP contribution in [0.5, 0.6) is 0 Å². The van der Waals surface area contributed by atoms with E-state index in [1.807, 2.05) is 24.9 Å². The largest absolute Gasteiger partial charge is 0.397 e. The van der Waals surface area contributed by atoms with Crippen molar-refractivity contribution in [2.24, 2.45) is 0 Å². The number of anilines is 2. The van der Waals surface area contributed by atoms with Crippen LogP contribution in [0.1, 0.15) is 11.5 Å². The number of aryl methyl sites for hydroxylation is 1. The number of nitrogens with two attached hydrogens (primary N) is 1. The van der Waals surface area contributed by atoms with Gasteiger partial charge in [0, 0.05) is 13.1 Å². The first-order valence-electron chi connectivity index (χ1n) is 5.10. The molecule has 2 aromatic heterocycles. The average molecular weight is 253 g/mol. The van der Waals surface area contributed by atoms with E-state index < -0.39 is 0 Å². The van der Waals surface area contributed by atoms with Gasteiger partial charge in [-0.05, 0) is 13.0 Å². The number of hydrogen-bond donors (Lipinski definition) is 1. The predicted molar refractivity (Wildman–Crippen MR) is 67.0 cm³/mol. The highest BCUT2D eigenvalue weighted by molar-refractivity contribution is 6.33. The lowest BCUT2D eigenvalue weighted by Gasteiger charge is -2.17. The second kappa shape index (κ2) is 4.63. The van der Waals surface area contributed by atoms with E-state index >= 15 is 0 Å². The van der Waals surface area contributed by atoms with Gasteiger partial charge >= 0.3 is 0 Å². The van der Waals surface area contributed by atoms with Gasteiger partial charge in [0.1, 0.15) is 17.3 Å². The van der Waals surface area contributed by atoms with Gasteiger partial charge in [-0.2, -0.15) is 0 Å². The van der Waals surface area contributed by atoms with Gasteiger partial charge in [0.05, 0.1) is 23.5 Å². The van der Waals surface area contributed by atoms with E-state index in [0.29, 0.717) is 23.1 Å². The summed E-state index contributed by atoms with van der Waals surface area (Å²) in [5, 5.41) is 4.44. The fourth-order valence-corrected chi connectivity index (χ4v) is 1.86. The number of aromatic nitrogens is 2. The van der Waals surface area contributed by atoms with Crippen molar-refractivity contribution in [1.82, 2.24) is 10.1 Å². The molecule has 17 heavy (non-hydrogen) atoms. The molecule has 0 saturated heterocycles. The van der Waals surface area contributed by atoms with Gasteiger partial charge in [0.25, 0.3) is 0 Å². The summed E-state index contributed by atoms with van der Waals surface area (Å²) in [6, 6.07) is 3.55. The van der Waals surface area contributed by atoms with E-state index in [0.717, 1.165) is 11.5 Å². The van der Waals surface area contributed by atoms with Gasteiger partial charge in [0.2, 0.25) is 0 Å². The molecule has 0 radical (unpaired) electrons. The predicted octanol–water partition coefficient (Wildman–Crippen LogP) is 2.25. The third-order valence-electron chi connectivity index (χ3n) is 2.28. The number of pyridine rings is 1. The Morgan fingerprint density at radius 3 is 2.82 bits per heavy atom. The Kier molecular flexibility index (Phi) is 3.19. The van der Waals surface area contributed by atoms with Crippen LogP contribution in [0.4, 0.5) is 11.5 Å². The molecule has 0 aliphatic heterocycles.